The quantitative estimate of drug-likeness (QED) is 0.425. The van der Waals surface area contributed by atoms with Gasteiger partial charge in [0.2, 0.25) is 0 Å². The summed E-state index contributed by atoms with van der Waals surface area (Å²) in [5, 5.41) is 0. The first-order valence-corrected chi connectivity index (χ1v) is 9.74. The number of hydrogen-bond acceptors (Lipinski definition) is 2. The number of rotatable bonds is 3. The Morgan fingerprint density at radius 3 is 1.22 bits per heavy atom. The number of hydrogen-bond donors (Lipinski definition) is 0. The van der Waals surface area contributed by atoms with E-state index >= 15 is 0 Å². The first-order chi connectivity index (χ1) is 11.0. The SMILES string of the molecule is Cc1cccc(C)c1N=CC=Nc1c(C)cccc1C.[Cl][Ni][Cl]. The Bertz CT molecular complexity index is 597. The van der Waals surface area contributed by atoms with E-state index in [1.54, 1.807) is 12.4 Å². The Hall–Kier alpha value is -1.15. The summed E-state index contributed by atoms with van der Waals surface area (Å²) in [7, 11) is 9.40. The van der Waals surface area contributed by atoms with Crippen LogP contribution in [0.15, 0.2) is 46.4 Å². The van der Waals surface area contributed by atoms with Crippen molar-refractivity contribution in [2.75, 3.05) is 0 Å². The van der Waals surface area contributed by atoms with Gasteiger partial charge < -0.3 is 0 Å². The van der Waals surface area contributed by atoms with E-state index in [0.29, 0.717) is 12.7 Å². The zero-order valence-corrected chi connectivity index (χ0v) is 16.1. The molecular formula is C18H20Cl2N2Ni. The van der Waals surface area contributed by atoms with Gasteiger partial charge in [-0.15, -0.1) is 0 Å². The van der Waals surface area contributed by atoms with Crippen molar-refractivity contribution in [1.82, 2.24) is 0 Å². The predicted molar refractivity (Wildman–Crippen MR) is 99.8 cm³/mol. The van der Waals surface area contributed by atoms with Crippen LogP contribution in [0.4, 0.5) is 11.4 Å². The van der Waals surface area contributed by atoms with E-state index in [0.717, 1.165) is 11.4 Å². The van der Waals surface area contributed by atoms with Crippen LogP contribution in [0.1, 0.15) is 22.3 Å². The van der Waals surface area contributed by atoms with Gasteiger partial charge in [0.15, 0.2) is 0 Å². The molecule has 0 radical (unpaired) electrons. The van der Waals surface area contributed by atoms with Crippen LogP contribution >= 0.6 is 20.4 Å². The van der Waals surface area contributed by atoms with Gasteiger partial charge >= 0.3 is 33.0 Å². The number of benzene rings is 2. The van der Waals surface area contributed by atoms with Gasteiger partial charge in [-0.1, -0.05) is 36.4 Å². The van der Waals surface area contributed by atoms with Crippen molar-refractivity contribution in [3.05, 3.63) is 58.7 Å². The predicted octanol–water partition coefficient (Wildman–Crippen LogP) is 6.40. The normalized spacial score (nSPS) is 11.0. The van der Waals surface area contributed by atoms with Crippen LogP contribution < -0.4 is 0 Å². The second-order valence-corrected chi connectivity index (χ2v) is 6.71. The fourth-order valence-electron chi connectivity index (χ4n) is 2.23. The average Bonchev–Trinajstić information content (AvgIpc) is 2.49. The monoisotopic (exact) mass is 392 g/mol. The Labute approximate surface area is 153 Å². The van der Waals surface area contributed by atoms with Crippen LogP contribution in [0.3, 0.4) is 0 Å². The maximum atomic E-state index is 4.70. The first-order valence-electron chi connectivity index (χ1n) is 7.02. The van der Waals surface area contributed by atoms with Crippen molar-refractivity contribution in [3.8, 4) is 0 Å². The van der Waals surface area contributed by atoms with Gasteiger partial charge in [0, 0.05) is 12.4 Å². The summed E-state index contributed by atoms with van der Waals surface area (Å²) in [4.78, 5) is 9.01. The molecule has 0 spiro atoms. The van der Waals surface area contributed by atoms with Crippen molar-refractivity contribution in [3.63, 3.8) is 0 Å². The van der Waals surface area contributed by atoms with Gasteiger partial charge in [0.25, 0.3) is 0 Å². The van der Waals surface area contributed by atoms with Crippen LogP contribution in [0, 0.1) is 27.7 Å². The van der Waals surface area contributed by atoms with E-state index in [4.69, 9.17) is 20.4 Å². The molecule has 0 N–H and O–H groups in total. The Morgan fingerprint density at radius 2 is 0.957 bits per heavy atom. The molecule has 0 aliphatic rings. The first kappa shape index (κ1) is 19.9. The van der Waals surface area contributed by atoms with E-state index in [9.17, 15) is 0 Å². The second-order valence-electron chi connectivity index (χ2n) is 5.08. The molecule has 0 atom stereocenters. The third kappa shape index (κ3) is 6.47. The zero-order chi connectivity index (χ0) is 17.2. The van der Waals surface area contributed by atoms with E-state index in [1.165, 1.54) is 22.3 Å². The van der Waals surface area contributed by atoms with Gasteiger partial charge in [-0.2, -0.15) is 0 Å². The molecule has 23 heavy (non-hydrogen) atoms. The van der Waals surface area contributed by atoms with Crippen LogP contribution in [-0.4, -0.2) is 12.4 Å². The molecule has 2 aromatic rings. The fourth-order valence-corrected chi connectivity index (χ4v) is 2.23. The summed E-state index contributed by atoms with van der Waals surface area (Å²) in [6, 6.07) is 12.4. The Morgan fingerprint density at radius 1 is 0.696 bits per heavy atom. The summed E-state index contributed by atoms with van der Waals surface area (Å²) in [5.41, 5.74) is 6.79. The molecule has 0 heterocycles. The second kappa shape index (κ2) is 10.6. The average molecular weight is 394 g/mol. The molecule has 0 saturated carbocycles. The van der Waals surface area contributed by atoms with Crippen LogP contribution in [-0.2, 0) is 12.7 Å². The number of aliphatic imine (C=N–C) groups is 2. The molecule has 0 aliphatic heterocycles. The van der Waals surface area contributed by atoms with E-state index < -0.39 is 0 Å². The summed E-state index contributed by atoms with van der Waals surface area (Å²) < 4.78 is 0. The number of para-hydroxylation sites is 2. The molecule has 2 nitrogen and oxygen atoms in total. The van der Waals surface area contributed by atoms with E-state index in [-0.39, 0.29) is 0 Å². The molecule has 0 unspecified atom stereocenters. The van der Waals surface area contributed by atoms with Gasteiger partial charge in [0.05, 0.1) is 11.4 Å². The molecule has 0 amide bonds. The molecular weight excluding hydrogens is 374 g/mol. The summed E-state index contributed by atoms with van der Waals surface area (Å²) in [5.74, 6) is 0. The molecule has 0 aliphatic carbocycles. The summed E-state index contributed by atoms with van der Waals surface area (Å²) in [6.07, 6.45) is 3.53. The number of nitrogens with zero attached hydrogens (tertiary/aromatic N) is 2. The van der Waals surface area contributed by atoms with E-state index in [1.807, 2.05) is 0 Å². The van der Waals surface area contributed by atoms with Crippen molar-refractivity contribution >= 4 is 44.2 Å². The molecule has 0 aromatic heterocycles. The molecule has 5 heteroatoms. The van der Waals surface area contributed by atoms with Crippen LogP contribution in [0.2, 0.25) is 0 Å². The molecule has 0 bridgehead atoms. The van der Waals surface area contributed by atoms with Gasteiger partial charge in [-0.3, -0.25) is 9.98 Å². The molecule has 2 aromatic carbocycles. The zero-order valence-electron chi connectivity index (χ0n) is 13.6. The third-order valence-electron chi connectivity index (χ3n) is 3.35. The molecule has 2 rings (SSSR count). The third-order valence-corrected chi connectivity index (χ3v) is 3.35. The van der Waals surface area contributed by atoms with Crippen LogP contribution in [0.25, 0.3) is 0 Å². The minimum absolute atomic E-state index is 0.569. The van der Waals surface area contributed by atoms with Crippen molar-refractivity contribution < 1.29 is 12.7 Å². The van der Waals surface area contributed by atoms with Crippen molar-refractivity contribution in [2.24, 2.45) is 9.98 Å². The molecule has 0 saturated heterocycles. The number of aryl methyl sites for hydroxylation is 4. The van der Waals surface area contributed by atoms with Crippen molar-refractivity contribution in [2.45, 2.75) is 27.7 Å². The molecule has 126 valence electrons. The van der Waals surface area contributed by atoms with Gasteiger partial charge in [-0.05, 0) is 49.9 Å². The van der Waals surface area contributed by atoms with E-state index in [2.05, 4.69) is 74.1 Å². The minimum atomic E-state index is 0.569. The molecule has 0 fully saturated rings. The maximum absolute atomic E-state index is 4.70. The van der Waals surface area contributed by atoms with Gasteiger partial charge in [0.1, 0.15) is 0 Å². The van der Waals surface area contributed by atoms with Crippen molar-refractivity contribution in [1.29, 1.82) is 0 Å². The summed E-state index contributed by atoms with van der Waals surface area (Å²) in [6.45, 7) is 8.29. The Balaban J connectivity index is 0.000000816. The Kier molecular flexibility index (Phi) is 9.17. The number of halogens is 2. The summed E-state index contributed by atoms with van der Waals surface area (Å²) >= 11 is 0.569. The van der Waals surface area contributed by atoms with Crippen LogP contribution in [0.5, 0.6) is 0 Å². The fraction of sp³-hybridized carbons (Fsp3) is 0.222. The van der Waals surface area contributed by atoms with Gasteiger partial charge in [-0.25, -0.2) is 0 Å². The standard InChI is InChI=1S/C18H20N2.2ClH.Ni/c1-13-7-5-8-14(2)17(13)19-11-12-20-18-15(3)9-6-10-16(18)4;;;/h5-12H,1-4H3;2*1H;/q;;;+2/p-2. The topological polar surface area (TPSA) is 24.7 Å².